The molecule has 6 heteroatoms. The summed E-state index contributed by atoms with van der Waals surface area (Å²) in [5.74, 6) is -0.113. The molecule has 2 aromatic rings. The van der Waals surface area contributed by atoms with Gasteiger partial charge in [-0.05, 0) is 50.3 Å². The largest absolute Gasteiger partial charge is 0.396 e. The van der Waals surface area contributed by atoms with Crippen LogP contribution in [0.3, 0.4) is 0 Å². The minimum atomic E-state index is -0.320. The van der Waals surface area contributed by atoms with Gasteiger partial charge in [0.15, 0.2) is 0 Å². The van der Waals surface area contributed by atoms with Gasteiger partial charge in [-0.1, -0.05) is 12.1 Å². The minimum absolute atomic E-state index is 0.0343. The van der Waals surface area contributed by atoms with Crippen LogP contribution in [0.25, 0.3) is 0 Å². The Bertz CT molecular complexity index is 747. The number of aryl methyl sites for hydroxylation is 2. The van der Waals surface area contributed by atoms with Gasteiger partial charge in [-0.25, -0.2) is 9.37 Å². The van der Waals surface area contributed by atoms with Crippen molar-refractivity contribution in [2.45, 2.75) is 39.0 Å². The first-order valence-corrected chi connectivity index (χ1v) is 9.92. The predicted octanol–water partition coefficient (Wildman–Crippen LogP) is 3.37. The second-order valence-corrected chi connectivity index (χ2v) is 8.21. The number of hydrogen-bond acceptors (Lipinski definition) is 4. The van der Waals surface area contributed by atoms with E-state index in [1.165, 1.54) is 12.1 Å². The second kappa shape index (κ2) is 8.27. The van der Waals surface area contributed by atoms with Crippen LogP contribution in [0.4, 0.5) is 4.39 Å². The van der Waals surface area contributed by atoms with Crippen LogP contribution >= 0.6 is 11.3 Å². The average molecular weight is 376 g/mol. The van der Waals surface area contributed by atoms with Gasteiger partial charge in [-0.15, -0.1) is 11.3 Å². The van der Waals surface area contributed by atoms with E-state index in [0.29, 0.717) is 25.9 Å². The summed E-state index contributed by atoms with van der Waals surface area (Å²) in [5.41, 5.74) is 1.71. The highest BCUT2D eigenvalue weighted by molar-refractivity contribution is 7.09. The number of benzene rings is 1. The average Bonchev–Trinajstić information content (AvgIpc) is 3.24. The van der Waals surface area contributed by atoms with E-state index in [1.54, 1.807) is 23.5 Å². The quantitative estimate of drug-likeness (QED) is 0.806. The lowest BCUT2D eigenvalue weighted by Crippen LogP contribution is -2.35. The van der Waals surface area contributed by atoms with Crippen LogP contribution in [-0.4, -0.2) is 40.6 Å². The Hall–Kier alpha value is -1.79. The molecular weight excluding hydrogens is 351 g/mol. The monoisotopic (exact) mass is 376 g/mol. The van der Waals surface area contributed by atoms with Crippen molar-refractivity contribution in [2.24, 2.45) is 5.41 Å². The molecule has 0 radical (unpaired) electrons. The molecule has 1 unspecified atom stereocenters. The molecule has 140 valence electrons. The molecule has 1 fully saturated rings. The lowest BCUT2D eigenvalue weighted by atomic mass is 9.81. The Morgan fingerprint density at radius 2 is 2.15 bits per heavy atom. The van der Waals surface area contributed by atoms with Gasteiger partial charge in [0.2, 0.25) is 5.91 Å². The van der Waals surface area contributed by atoms with Crippen LogP contribution < -0.4 is 0 Å². The molecular formula is C20H25FN2O2S. The van der Waals surface area contributed by atoms with E-state index in [4.69, 9.17) is 0 Å². The van der Waals surface area contributed by atoms with E-state index in [0.717, 1.165) is 35.5 Å². The molecule has 3 rings (SSSR count). The smallest absolute Gasteiger partial charge is 0.222 e. The summed E-state index contributed by atoms with van der Waals surface area (Å²) >= 11 is 1.64. The van der Waals surface area contributed by atoms with Crippen LogP contribution in [0.2, 0.25) is 0 Å². The summed E-state index contributed by atoms with van der Waals surface area (Å²) in [6.45, 7) is 3.25. The Kier molecular flexibility index (Phi) is 6.04. The third-order valence-electron chi connectivity index (χ3n) is 5.07. The maximum atomic E-state index is 13.1. The number of likely N-dealkylation sites (tertiary alicyclic amines) is 1. The summed E-state index contributed by atoms with van der Waals surface area (Å²) < 4.78 is 13.1. The van der Waals surface area contributed by atoms with E-state index >= 15 is 0 Å². The molecule has 0 aliphatic carbocycles. The summed E-state index contributed by atoms with van der Waals surface area (Å²) in [4.78, 5) is 18.8. The fourth-order valence-electron chi connectivity index (χ4n) is 3.58. The highest BCUT2D eigenvalue weighted by Crippen LogP contribution is 2.34. The molecule has 1 amide bonds. The van der Waals surface area contributed by atoms with Crippen molar-refractivity contribution >= 4 is 17.2 Å². The van der Waals surface area contributed by atoms with Crippen molar-refractivity contribution in [3.8, 4) is 0 Å². The van der Waals surface area contributed by atoms with Crippen LogP contribution in [0.5, 0.6) is 0 Å². The number of thiazole rings is 1. The molecule has 1 aliphatic heterocycles. The van der Waals surface area contributed by atoms with Gasteiger partial charge in [-0.3, -0.25) is 4.79 Å². The molecule has 4 nitrogen and oxygen atoms in total. The van der Waals surface area contributed by atoms with Crippen molar-refractivity contribution in [1.29, 1.82) is 0 Å². The van der Waals surface area contributed by atoms with Crippen molar-refractivity contribution in [1.82, 2.24) is 9.88 Å². The Balaban J connectivity index is 1.51. The molecule has 0 saturated carbocycles. The van der Waals surface area contributed by atoms with E-state index < -0.39 is 0 Å². The van der Waals surface area contributed by atoms with Gasteiger partial charge in [0.05, 0.1) is 11.6 Å². The predicted molar refractivity (Wildman–Crippen MR) is 101 cm³/mol. The number of aliphatic hydroxyl groups is 1. The lowest BCUT2D eigenvalue weighted by Gasteiger charge is -2.27. The first kappa shape index (κ1) is 19.0. The van der Waals surface area contributed by atoms with E-state index in [1.807, 2.05) is 17.2 Å². The van der Waals surface area contributed by atoms with Gasteiger partial charge in [0.25, 0.3) is 0 Å². The van der Waals surface area contributed by atoms with Crippen LogP contribution in [0.1, 0.15) is 35.5 Å². The highest BCUT2D eigenvalue weighted by atomic mass is 32.1. The zero-order valence-corrected chi connectivity index (χ0v) is 15.9. The zero-order chi connectivity index (χ0) is 18.6. The molecule has 1 N–H and O–H groups in total. The van der Waals surface area contributed by atoms with E-state index in [-0.39, 0.29) is 23.7 Å². The first-order valence-electron chi connectivity index (χ1n) is 9.04. The number of amides is 1. The van der Waals surface area contributed by atoms with Gasteiger partial charge in [0, 0.05) is 36.0 Å². The Morgan fingerprint density at radius 3 is 2.81 bits per heavy atom. The van der Waals surface area contributed by atoms with Crippen molar-refractivity contribution in [3.05, 3.63) is 51.7 Å². The second-order valence-electron chi connectivity index (χ2n) is 7.26. The van der Waals surface area contributed by atoms with Gasteiger partial charge >= 0.3 is 0 Å². The SMILES string of the molecule is Cc1csc(CCCC(=O)N2CCC(CO)(Cc3ccc(F)cc3)C2)n1. The summed E-state index contributed by atoms with van der Waals surface area (Å²) in [7, 11) is 0. The number of carbonyl (C=O) groups excluding carboxylic acids is 1. The summed E-state index contributed by atoms with van der Waals surface area (Å²) in [5, 5.41) is 13.1. The fourth-order valence-corrected chi connectivity index (χ4v) is 4.40. The standard InChI is InChI=1S/C20H25FN2O2S/c1-15-12-26-18(22-15)3-2-4-19(25)23-10-9-20(13-23,14-24)11-16-5-7-17(21)8-6-16/h5-8,12,24H,2-4,9-11,13-14H2,1H3. The summed E-state index contributed by atoms with van der Waals surface area (Å²) in [6.07, 6.45) is 3.58. The van der Waals surface area contributed by atoms with Gasteiger partial charge in [-0.2, -0.15) is 0 Å². The minimum Gasteiger partial charge on any atom is -0.396 e. The third kappa shape index (κ3) is 4.68. The number of aliphatic hydroxyl groups excluding tert-OH is 1. The van der Waals surface area contributed by atoms with Crippen molar-refractivity contribution in [2.75, 3.05) is 19.7 Å². The van der Waals surface area contributed by atoms with Crippen molar-refractivity contribution in [3.63, 3.8) is 0 Å². The van der Waals surface area contributed by atoms with Crippen LogP contribution in [0.15, 0.2) is 29.6 Å². The molecule has 26 heavy (non-hydrogen) atoms. The van der Waals surface area contributed by atoms with Gasteiger partial charge < -0.3 is 10.0 Å². The summed E-state index contributed by atoms with van der Waals surface area (Å²) in [6, 6.07) is 6.40. The number of halogens is 1. The van der Waals surface area contributed by atoms with Crippen molar-refractivity contribution < 1.29 is 14.3 Å². The van der Waals surface area contributed by atoms with E-state index in [2.05, 4.69) is 4.98 Å². The maximum absolute atomic E-state index is 13.1. The molecule has 0 spiro atoms. The number of hydrogen-bond donors (Lipinski definition) is 1. The number of aromatic nitrogens is 1. The maximum Gasteiger partial charge on any atom is 0.222 e. The fraction of sp³-hybridized carbons (Fsp3) is 0.500. The van der Waals surface area contributed by atoms with Crippen LogP contribution in [0, 0.1) is 18.2 Å². The number of nitrogens with zero attached hydrogens (tertiary/aromatic N) is 2. The molecule has 1 aromatic carbocycles. The zero-order valence-electron chi connectivity index (χ0n) is 15.1. The molecule has 1 saturated heterocycles. The topological polar surface area (TPSA) is 53.4 Å². The first-order chi connectivity index (χ1) is 12.5. The highest BCUT2D eigenvalue weighted by Gasteiger charge is 2.39. The number of carbonyl (C=O) groups is 1. The normalized spacial score (nSPS) is 19.9. The van der Waals surface area contributed by atoms with Gasteiger partial charge in [0.1, 0.15) is 5.82 Å². The van der Waals surface area contributed by atoms with Crippen LogP contribution in [-0.2, 0) is 17.6 Å². The number of rotatable bonds is 7. The Morgan fingerprint density at radius 1 is 1.38 bits per heavy atom. The third-order valence-corrected chi connectivity index (χ3v) is 6.09. The molecule has 1 atom stereocenters. The molecule has 0 bridgehead atoms. The van der Waals surface area contributed by atoms with E-state index in [9.17, 15) is 14.3 Å². The Labute approximate surface area is 157 Å². The lowest BCUT2D eigenvalue weighted by molar-refractivity contribution is -0.130. The molecule has 1 aliphatic rings. The molecule has 2 heterocycles. The molecule has 1 aromatic heterocycles.